The Morgan fingerprint density at radius 1 is 1.08 bits per heavy atom. The summed E-state index contributed by atoms with van der Waals surface area (Å²) in [6.07, 6.45) is 0. The van der Waals surface area contributed by atoms with Crippen molar-refractivity contribution < 1.29 is 4.74 Å². The van der Waals surface area contributed by atoms with Crippen LogP contribution in [0.25, 0.3) is 17.1 Å². The predicted octanol–water partition coefficient (Wildman–Crippen LogP) is 3.08. The molecule has 2 heterocycles. The Balaban J connectivity index is 2.17. The summed E-state index contributed by atoms with van der Waals surface area (Å²) in [5.41, 5.74) is 2.23. The van der Waals surface area contributed by atoms with E-state index in [4.69, 9.17) is 4.74 Å². The second kappa shape index (κ2) is 6.70. The first kappa shape index (κ1) is 16.0. The van der Waals surface area contributed by atoms with Gasteiger partial charge in [0.15, 0.2) is 0 Å². The zero-order valence-electron chi connectivity index (χ0n) is 14.0. The maximum atomic E-state index is 12.0. The van der Waals surface area contributed by atoms with Crippen molar-refractivity contribution in [2.24, 2.45) is 0 Å². The molecule has 1 aromatic carbocycles. The van der Waals surface area contributed by atoms with E-state index in [0.29, 0.717) is 18.2 Å². The largest absolute Gasteiger partial charge is 0.477 e. The van der Waals surface area contributed by atoms with Crippen LogP contribution in [0.4, 0.5) is 0 Å². The minimum atomic E-state index is -0.121. The van der Waals surface area contributed by atoms with Crippen molar-refractivity contribution in [3.8, 4) is 23.0 Å². The van der Waals surface area contributed by atoms with Crippen molar-refractivity contribution in [2.75, 3.05) is 6.61 Å². The summed E-state index contributed by atoms with van der Waals surface area (Å²) in [6.45, 7) is 6.30. The van der Waals surface area contributed by atoms with Gasteiger partial charge < -0.3 is 4.74 Å². The summed E-state index contributed by atoms with van der Waals surface area (Å²) in [7, 11) is 0. The second-order valence-electron chi connectivity index (χ2n) is 5.64. The molecule has 0 N–H and O–H groups in total. The molecule has 2 aromatic heterocycles. The third-order valence-corrected chi connectivity index (χ3v) is 3.56. The van der Waals surface area contributed by atoms with Crippen LogP contribution >= 0.6 is 0 Å². The SMILES string of the molecule is CCOc1cc(-c2ccc(=O)n(C(C)C)n2)n(-c2ccccc2)n1. The van der Waals surface area contributed by atoms with Crippen molar-refractivity contribution in [1.29, 1.82) is 0 Å². The van der Waals surface area contributed by atoms with Crippen LogP contribution in [0.5, 0.6) is 5.88 Å². The minimum absolute atomic E-state index is 0.0168. The Morgan fingerprint density at radius 2 is 1.83 bits per heavy atom. The number of hydrogen-bond acceptors (Lipinski definition) is 4. The molecular formula is C18H20N4O2. The number of ether oxygens (including phenoxy) is 1. The van der Waals surface area contributed by atoms with Crippen molar-refractivity contribution in [2.45, 2.75) is 26.8 Å². The molecule has 0 amide bonds. The molecule has 0 aliphatic heterocycles. The monoisotopic (exact) mass is 324 g/mol. The van der Waals surface area contributed by atoms with Gasteiger partial charge in [0, 0.05) is 12.1 Å². The van der Waals surface area contributed by atoms with E-state index < -0.39 is 0 Å². The van der Waals surface area contributed by atoms with Crippen LogP contribution in [0.15, 0.2) is 53.3 Å². The van der Waals surface area contributed by atoms with E-state index in [2.05, 4.69) is 10.2 Å². The van der Waals surface area contributed by atoms with Gasteiger partial charge in [-0.2, -0.15) is 5.10 Å². The molecule has 0 atom stereocenters. The molecule has 0 spiro atoms. The lowest BCUT2D eigenvalue weighted by Crippen LogP contribution is -2.24. The molecule has 3 rings (SSSR count). The van der Waals surface area contributed by atoms with E-state index >= 15 is 0 Å². The van der Waals surface area contributed by atoms with Crippen LogP contribution in [-0.2, 0) is 0 Å². The average molecular weight is 324 g/mol. The van der Waals surface area contributed by atoms with Gasteiger partial charge in [-0.3, -0.25) is 4.79 Å². The molecule has 0 fully saturated rings. The zero-order valence-corrected chi connectivity index (χ0v) is 14.0. The van der Waals surface area contributed by atoms with Crippen molar-refractivity contribution in [3.05, 3.63) is 58.9 Å². The van der Waals surface area contributed by atoms with E-state index in [1.807, 2.05) is 57.2 Å². The van der Waals surface area contributed by atoms with Gasteiger partial charge in [0.2, 0.25) is 5.88 Å². The van der Waals surface area contributed by atoms with Crippen LogP contribution in [-0.4, -0.2) is 26.2 Å². The summed E-state index contributed by atoms with van der Waals surface area (Å²) in [5.74, 6) is 0.528. The average Bonchev–Trinajstić information content (AvgIpc) is 3.00. The normalized spacial score (nSPS) is 11.0. The first-order valence-corrected chi connectivity index (χ1v) is 7.98. The third-order valence-electron chi connectivity index (χ3n) is 3.56. The van der Waals surface area contributed by atoms with Gasteiger partial charge in [-0.1, -0.05) is 18.2 Å². The van der Waals surface area contributed by atoms with Crippen LogP contribution in [0.1, 0.15) is 26.8 Å². The van der Waals surface area contributed by atoms with Crippen LogP contribution in [0.3, 0.4) is 0 Å². The summed E-state index contributed by atoms with van der Waals surface area (Å²) in [4.78, 5) is 12.0. The predicted molar refractivity (Wildman–Crippen MR) is 92.6 cm³/mol. The highest BCUT2D eigenvalue weighted by molar-refractivity contribution is 5.59. The lowest BCUT2D eigenvalue weighted by molar-refractivity contribution is 0.324. The highest BCUT2D eigenvalue weighted by atomic mass is 16.5. The lowest BCUT2D eigenvalue weighted by Gasteiger charge is -2.11. The van der Waals surface area contributed by atoms with Gasteiger partial charge in [-0.15, -0.1) is 5.10 Å². The maximum Gasteiger partial charge on any atom is 0.267 e. The fourth-order valence-corrected chi connectivity index (χ4v) is 2.46. The number of nitrogens with zero attached hydrogens (tertiary/aromatic N) is 4. The fourth-order valence-electron chi connectivity index (χ4n) is 2.46. The number of benzene rings is 1. The molecular weight excluding hydrogens is 304 g/mol. The highest BCUT2D eigenvalue weighted by Crippen LogP contribution is 2.25. The van der Waals surface area contributed by atoms with Crippen molar-refractivity contribution >= 4 is 0 Å². The molecule has 0 saturated heterocycles. The van der Waals surface area contributed by atoms with Gasteiger partial charge in [-0.25, -0.2) is 9.36 Å². The summed E-state index contributed by atoms with van der Waals surface area (Å²) in [6, 6.07) is 14.8. The topological polar surface area (TPSA) is 61.9 Å². The van der Waals surface area contributed by atoms with Gasteiger partial charge >= 0.3 is 0 Å². The Kier molecular flexibility index (Phi) is 4.46. The Hall–Kier alpha value is -2.89. The Labute approximate surface area is 140 Å². The van der Waals surface area contributed by atoms with Gasteiger partial charge in [0.1, 0.15) is 5.69 Å². The number of hydrogen-bond donors (Lipinski definition) is 0. The number of para-hydroxylation sites is 1. The molecule has 6 nitrogen and oxygen atoms in total. The molecule has 124 valence electrons. The van der Waals surface area contributed by atoms with E-state index in [9.17, 15) is 4.79 Å². The standard InChI is InChI=1S/C18H20N4O2/c1-4-24-17-12-16(22(20-17)14-8-6-5-7-9-14)15-10-11-18(23)21(19-15)13(2)3/h5-13H,4H2,1-3H3. The Morgan fingerprint density at radius 3 is 2.50 bits per heavy atom. The van der Waals surface area contributed by atoms with Crippen LogP contribution in [0, 0.1) is 0 Å². The van der Waals surface area contributed by atoms with E-state index in [1.54, 1.807) is 10.7 Å². The molecule has 6 heteroatoms. The molecule has 0 radical (unpaired) electrons. The first-order valence-electron chi connectivity index (χ1n) is 7.98. The number of aromatic nitrogens is 4. The summed E-state index contributed by atoms with van der Waals surface area (Å²) < 4.78 is 8.79. The molecule has 0 bridgehead atoms. The zero-order chi connectivity index (χ0) is 17.1. The van der Waals surface area contributed by atoms with E-state index in [0.717, 1.165) is 11.4 Å². The smallest absolute Gasteiger partial charge is 0.267 e. The van der Waals surface area contributed by atoms with Crippen LogP contribution < -0.4 is 10.3 Å². The van der Waals surface area contributed by atoms with Gasteiger partial charge in [-0.05, 0) is 39.0 Å². The van der Waals surface area contributed by atoms with E-state index in [-0.39, 0.29) is 11.6 Å². The molecule has 24 heavy (non-hydrogen) atoms. The second-order valence-corrected chi connectivity index (χ2v) is 5.64. The molecule has 0 aliphatic carbocycles. The van der Waals surface area contributed by atoms with Crippen molar-refractivity contribution in [1.82, 2.24) is 19.6 Å². The summed E-state index contributed by atoms with van der Waals surface area (Å²) in [5, 5.41) is 9.00. The van der Waals surface area contributed by atoms with Gasteiger partial charge in [0.25, 0.3) is 5.56 Å². The van der Waals surface area contributed by atoms with E-state index in [1.165, 1.54) is 10.7 Å². The maximum absolute atomic E-state index is 12.0. The Bertz CT molecular complexity index is 882. The lowest BCUT2D eigenvalue weighted by atomic mass is 10.2. The molecule has 0 unspecified atom stereocenters. The molecule has 0 aliphatic rings. The first-order chi connectivity index (χ1) is 11.6. The quantitative estimate of drug-likeness (QED) is 0.723. The minimum Gasteiger partial charge on any atom is -0.477 e. The fraction of sp³-hybridized carbons (Fsp3) is 0.278. The molecule has 3 aromatic rings. The van der Waals surface area contributed by atoms with Crippen LogP contribution in [0.2, 0.25) is 0 Å². The summed E-state index contributed by atoms with van der Waals surface area (Å²) >= 11 is 0. The number of rotatable bonds is 5. The van der Waals surface area contributed by atoms with Crippen molar-refractivity contribution in [3.63, 3.8) is 0 Å². The highest BCUT2D eigenvalue weighted by Gasteiger charge is 2.15. The molecule has 0 saturated carbocycles. The van der Waals surface area contributed by atoms with Gasteiger partial charge in [0.05, 0.1) is 24.0 Å². The third kappa shape index (κ3) is 3.08.